The molecular weight excluding hydrogens is 258 g/mol. The molecule has 0 saturated carbocycles. The van der Waals surface area contributed by atoms with E-state index in [0.717, 1.165) is 28.6 Å². The van der Waals surface area contributed by atoms with Gasteiger partial charge in [-0.2, -0.15) is 0 Å². The van der Waals surface area contributed by atoms with Gasteiger partial charge in [0.25, 0.3) is 0 Å². The minimum absolute atomic E-state index is 0.340. The Morgan fingerprint density at radius 3 is 2.67 bits per heavy atom. The number of benzene rings is 2. The van der Waals surface area contributed by atoms with Crippen molar-refractivity contribution in [1.82, 2.24) is 4.98 Å². The van der Waals surface area contributed by atoms with Crippen LogP contribution in [0, 0.1) is 0 Å². The average molecular weight is 277 g/mol. The molecule has 1 aromatic heterocycles. The van der Waals surface area contributed by atoms with Crippen molar-refractivity contribution in [3.63, 3.8) is 0 Å². The van der Waals surface area contributed by atoms with Gasteiger partial charge >= 0.3 is 0 Å². The molecule has 0 fully saturated rings. The monoisotopic (exact) mass is 277 g/mol. The Bertz CT molecular complexity index is 738. The first-order chi connectivity index (χ1) is 10.2. The number of nitrogens with one attached hydrogen (secondary N) is 1. The highest BCUT2D eigenvalue weighted by Crippen LogP contribution is 2.28. The van der Waals surface area contributed by atoms with Crippen LogP contribution >= 0.6 is 0 Å². The Labute approximate surface area is 124 Å². The Hall–Kier alpha value is -2.55. The van der Waals surface area contributed by atoms with Crippen LogP contribution in [-0.4, -0.2) is 11.0 Å². The SMILES string of the molecule is CC(Cc1ccccc1)Nc1ccc(N)c2cnccc12. The van der Waals surface area contributed by atoms with Crippen LogP contribution < -0.4 is 11.1 Å². The summed E-state index contributed by atoms with van der Waals surface area (Å²) in [5.74, 6) is 0. The predicted octanol–water partition coefficient (Wildman–Crippen LogP) is 3.86. The van der Waals surface area contributed by atoms with Crippen molar-refractivity contribution < 1.29 is 0 Å². The molecule has 0 aliphatic carbocycles. The van der Waals surface area contributed by atoms with Gasteiger partial charge in [-0.1, -0.05) is 30.3 Å². The van der Waals surface area contributed by atoms with Crippen molar-refractivity contribution in [3.05, 3.63) is 66.5 Å². The average Bonchev–Trinajstić information content (AvgIpc) is 2.51. The molecule has 2 aromatic carbocycles. The lowest BCUT2D eigenvalue weighted by Crippen LogP contribution is -2.18. The van der Waals surface area contributed by atoms with Gasteiger partial charge in [0.05, 0.1) is 0 Å². The molecular formula is C18H19N3. The maximum absolute atomic E-state index is 6.01. The van der Waals surface area contributed by atoms with E-state index < -0.39 is 0 Å². The maximum Gasteiger partial charge on any atom is 0.0424 e. The maximum atomic E-state index is 6.01. The fourth-order valence-electron chi connectivity index (χ4n) is 2.62. The summed E-state index contributed by atoms with van der Waals surface area (Å²) in [5.41, 5.74) is 9.21. The van der Waals surface area contributed by atoms with Crippen molar-refractivity contribution in [2.24, 2.45) is 0 Å². The molecule has 21 heavy (non-hydrogen) atoms. The Morgan fingerprint density at radius 1 is 1.05 bits per heavy atom. The Morgan fingerprint density at radius 2 is 1.86 bits per heavy atom. The van der Waals surface area contributed by atoms with Gasteiger partial charge in [-0.3, -0.25) is 4.98 Å². The van der Waals surface area contributed by atoms with Gasteiger partial charge in [0, 0.05) is 40.6 Å². The largest absolute Gasteiger partial charge is 0.398 e. The summed E-state index contributed by atoms with van der Waals surface area (Å²) in [6.45, 7) is 2.19. The lowest BCUT2D eigenvalue weighted by molar-refractivity contribution is 0.791. The number of nitrogen functional groups attached to an aromatic ring is 1. The summed E-state index contributed by atoms with van der Waals surface area (Å²) in [5, 5.41) is 5.69. The number of aromatic nitrogens is 1. The molecule has 0 spiro atoms. The smallest absolute Gasteiger partial charge is 0.0424 e. The molecule has 3 nitrogen and oxygen atoms in total. The van der Waals surface area contributed by atoms with Gasteiger partial charge in [0.1, 0.15) is 0 Å². The van der Waals surface area contributed by atoms with Gasteiger partial charge in [0.15, 0.2) is 0 Å². The quantitative estimate of drug-likeness (QED) is 0.712. The molecule has 3 heteroatoms. The second kappa shape index (κ2) is 5.83. The number of hydrogen-bond acceptors (Lipinski definition) is 3. The van der Waals surface area contributed by atoms with Crippen molar-refractivity contribution in [2.45, 2.75) is 19.4 Å². The summed E-state index contributed by atoms with van der Waals surface area (Å²) >= 11 is 0. The molecule has 0 amide bonds. The van der Waals surface area contributed by atoms with Gasteiger partial charge in [-0.25, -0.2) is 0 Å². The van der Waals surface area contributed by atoms with Crippen LogP contribution in [-0.2, 0) is 6.42 Å². The minimum Gasteiger partial charge on any atom is -0.398 e. The van der Waals surface area contributed by atoms with Crippen LogP contribution in [0.4, 0.5) is 11.4 Å². The second-order valence-electron chi connectivity index (χ2n) is 5.36. The van der Waals surface area contributed by atoms with Crippen LogP contribution in [0.3, 0.4) is 0 Å². The molecule has 106 valence electrons. The van der Waals surface area contributed by atoms with E-state index in [-0.39, 0.29) is 0 Å². The van der Waals surface area contributed by atoms with E-state index in [1.807, 2.05) is 30.5 Å². The highest BCUT2D eigenvalue weighted by molar-refractivity contribution is 6.00. The van der Waals surface area contributed by atoms with Gasteiger partial charge < -0.3 is 11.1 Å². The number of nitrogens with zero attached hydrogens (tertiary/aromatic N) is 1. The molecule has 3 aromatic rings. The van der Waals surface area contributed by atoms with Crippen molar-refractivity contribution in [1.29, 1.82) is 0 Å². The summed E-state index contributed by atoms with van der Waals surface area (Å²) < 4.78 is 0. The molecule has 1 atom stereocenters. The highest BCUT2D eigenvalue weighted by atomic mass is 14.9. The number of fused-ring (bicyclic) bond motifs is 1. The lowest BCUT2D eigenvalue weighted by atomic mass is 10.1. The normalized spacial score (nSPS) is 12.2. The first-order valence-corrected chi connectivity index (χ1v) is 7.16. The zero-order valence-electron chi connectivity index (χ0n) is 12.1. The highest BCUT2D eigenvalue weighted by Gasteiger charge is 2.08. The van der Waals surface area contributed by atoms with Crippen LogP contribution in [0.1, 0.15) is 12.5 Å². The summed E-state index contributed by atoms with van der Waals surface area (Å²) in [6, 6.07) is 16.8. The van der Waals surface area contributed by atoms with Crippen LogP contribution in [0.5, 0.6) is 0 Å². The number of nitrogens with two attached hydrogens (primary N) is 1. The molecule has 0 radical (unpaired) electrons. The number of pyridine rings is 1. The van der Waals surface area contributed by atoms with Crippen LogP contribution in [0.25, 0.3) is 10.8 Å². The molecule has 3 N–H and O–H groups in total. The minimum atomic E-state index is 0.340. The summed E-state index contributed by atoms with van der Waals surface area (Å²) in [4.78, 5) is 4.15. The number of rotatable bonds is 4. The third kappa shape index (κ3) is 2.97. The van der Waals surface area contributed by atoms with E-state index in [1.54, 1.807) is 6.20 Å². The van der Waals surface area contributed by atoms with E-state index in [2.05, 4.69) is 41.5 Å². The van der Waals surface area contributed by atoms with E-state index in [0.29, 0.717) is 6.04 Å². The summed E-state index contributed by atoms with van der Waals surface area (Å²) in [7, 11) is 0. The standard InChI is InChI=1S/C18H19N3/c1-13(11-14-5-3-2-4-6-14)21-18-8-7-17(19)16-12-20-10-9-15(16)18/h2-10,12-13,21H,11,19H2,1H3. The van der Waals surface area contributed by atoms with Gasteiger partial charge in [-0.05, 0) is 37.1 Å². The van der Waals surface area contributed by atoms with Crippen molar-refractivity contribution >= 4 is 22.1 Å². The molecule has 0 aliphatic rings. The fourth-order valence-corrected chi connectivity index (χ4v) is 2.62. The molecule has 1 unspecified atom stereocenters. The molecule has 1 heterocycles. The first-order valence-electron chi connectivity index (χ1n) is 7.16. The number of hydrogen-bond donors (Lipinski definition) is 2. The van der Waals surface area contributed by atoms with E-state index >= 15 is 0 Å². The molecule has 0 bridgehead atoms. The predicted molar refractivity (Wildman–Crippen MR) is 89.4 cm³/mol. The zero-order chi connectivity index (χ0) is 14.7. The van der Waals surface area contributed by atoms with Crippen molar-refractivity contribution in [2.75, 3.05) is 11.1 Å². The van der Waals surface area contributed by atoms with E-state index in [9.17, 15) is 0 Å². The summed E-state index contributed by atoms with van der Waals surface area (Å²) in [6.07, 6.45) is 4.60. The fraction of sp³-hybridized carbons (Fsp3) is 0.167. The number of anilines is 2. The third-order valence-corrected chi connectivity index (χ3v) is 3.64. The molecule has 3 rings (SSSR count). The third-order valence-electron chi connectivity index (χ3n) is 3.64. The van der Waals surface area contributed by atoms with Crippen LogP contribution in [0.2, 0.25) is 0 Å². The second-order valence-corrected chi connectivity index (χ2v) is 5.36. The van der Waals surface area contributed by atoms with Gasteiger partial charge in [-0.15, -0.1) is 0 Å². The topological polar surface area (TPSA) is 50.9 Å². The van der Waals surface area contributed by atoms with Gasteiger partial charge in [0.2, 0.25) is 0 Å². The lowest BCUT2D eigenvalue weighted by Gasteiger charge is -2.17. The zero-order valence-corrected chi connectivity index (χ0v) is 12.1. The molecule has 0 saturated heterocycles. The van der Waals surface area contributed by atoms with Crippen LogP contribution in [0.15, 0.2) is 60.9 Å². The molecule has 0 aliphatic heterocycles. The van der Waals surface area contributed by atoms with Crippen molar-refractivity contribution in [3.8, 4) is 0 Å². The Kier molecular flexibility index (Phi) is 3.73. The van der Waals surface area contributed by atoms with E-state index in [1.165, 1.54) is 5.56 Å². The Balaban J connectivity index is 1.83. The van der Waals surface area contributed by atoms with E-state index in [4.69, 9.17) is 5.73 Å². The first kappa shape index (κ1) is 13.4.